The summed E-state index contributed by atoms with van der Waals surface area (Å²) in [6.45, 7) is 5.26. The van der Waals surface area contributed by atoms with Gasteiger partial charge in [-0.15, -0.1) is 0 Å². The van der Waals surface area contributed by atoms with E-state index in [9.17, 15) is 14.4 Å². The first kappa shape index (κ1) is 19.8. The van der Waals surface area contributed by atoms with Crippen molar-refractivity contribution >= 4 is 17.7 Å². The molecule has 0 saturated heterocycles. The van der Waals surface area contributed by atoms with Gasteiger partial charge in [0.2, 0.25) is 5.91 Å². The molecule has 5 nitrogen and oxygen atoms in total. The molecule has 0 spiro atoms. The van der Waals surface area contributed by atoms with Gasteiger partial charge in [-0.1, -0.05) is 56.3 Å². The van der Waals surface area contributed by atoms with E-state index in [4.69, 9.17) is 0 Å². The molecule has 0 aliphatic carbocycles. The van der Waals surface area contributed by atoms with Crippen LogP contribution in [0.4, 0.5) is 0 Å². The zero-order valence-corrected chi connectivity index (χ0v) is 16.4. The lowest BCUT2D eigenvalue weighted by molar-refractivity contribution is -0.135. The molecule has 1 unspecified atom stereocenters. The molecule has 146 valence electrons. The molecule has 3 amide bonds. The highest BCUT2D eigenvalue weighted by Gasteiger charge is 2.43. The monoisotopic (exact) mass is 378 g/mol. The number of amides is 3. The topological polar surface area (TPSA) is 57.7 Å². The van der Waals surface area contributed by atoms with Crippen LogP contribution in [0.5, 0.6) is 0 Å². The van der Waals surface area contributed by atoms with Gasteiger partial charge in [0.15, 0.2) is 0 Å². The predicted octanol–water partition coefficient (Wildman–Crippen LogP) is 3.54. The summed E-state index contributed by atoms with van der Waals surface area (Å²) in [4.78, 5) is 42.4. The van der Waals surface area contributed by atoms with Gasteiger partial charge < -0.3 is 4.90 Å². The van der Waals surface area contributed by atoms with Crippen molar-refractivity contribution in [1.29, 1.82) is 0 Å². The molecule has 2 aromatic carbocycles. The number of benzene rings is 2. The smallest absolute Gasteiger partial charge is 0.262 e. The molecule has 1 aliphatic heterocycles. The van der Waals surface area contributed by atoms with E-state index in [-0.39, 0.29) is 17.7 Å². The quantitative estimate of drug-likeness (QED) is 0.660. The Bertz CT molecular complexity index is 822. The van der Waals surface area contributed by atoms with E-state index in [1.54, 1.807) is 29.2 Å². The molecule has 1 heterocycles. The normalized spacial score (nSPS) is 14.1. The minimum atomic E-state index is -0.840. The summed E-state index contributed by atoms with van der Waals surface area (Å²) < 4.78 is 0. The van der Waals surface area contributed by atoms with Crippen molar-refractivity contribution in [3.05, 3.63) is 71.3 Å². The summed E-state index contributed by atoms with van der Waals surface area (Å²) in [5.41, 5.74) is 1.66. The van der Waals surface area contributed by atoms with Gasteiger partial charge in [-0.3, -0.25) is 19.3 Å². The summed E-state index contributed by atoms with van der Waals surface area (Å²) in [7, 11) is 0. The van der Waals surface area contributed by atoms with Crippen LogP contribution in [0.1, 0.15) is 53.0 Å². The van der Waals surface area contributed by atoms with Crippen LogP contribution in [-0.4, -0.2) is 46.7 Å². The van der Waals surface area contributed by atoms with Crippen molar-refractivity contribution in [3.63, 3.8) is 0 Å². The highest BCUT2D eigenvalue weighted by molar-refractivity contribution is 6.22. The molecule has 0 radical (unpaired) electrons. The Kier molecular flexibility index (Phi) is 6.24. The van der Waals surface area contributed by atoms with Crippen LogP contribution in [0.2, 0.25) is 0 Å². The molecule has 5 heteroatoms. The number of nitrogens with zero attached hydrogens (tertiary/aromatic N) is 2. The van der Waals surface area contributed by atoms with Crippen molar-refractivity contribution in [2.45, 2.75) is 39.2 Å². The molecule has 0 saturated carbocycles. The Morgan fingerprint density at radius 2 is 1.36 bits per heavy atom. The number of hydrogen-bond donors (Lipinski definition) is 0. The van der Waals surface area contributed by atoms with Crippen LogP contribution in [0, 0.1) is 0 Å². The summed E-state index contributed by atoms with van der Waals surface area (Å²) in [6, 6.07) is 15.5. The highest BCUT2D eigenvalue weighted by atomic mass is 16.2. The van der Waals surface area contributed by atoms with Crippen molar-refractivity contribution in [2.24, 2.45) is 0 Å². The summed E-state index contributed by atoms with van der Waals surface area (Å²) in [5.74, 6) is -0.937. The number of rotatable bonds is 8. The van der Waals surface area contributed by atoms with E-state index in [0.29, 0.717) is 30.6 Å². The molecule has 1 atom stereocenters. The fourth-order valence-electron chi connectivity index (χ4n) is 3.70. The standard InChI is InChI=1S/C23H26N2O3/c1-3-14-24(15-4-2)23(28)20(16-17-10-6-5-7-11-17)25-21(26)18-12-8-9-13-19(18)22(25)27/h5-13,20H,3-4,14-16H2,1-2H3. The average molecular weight is 378 g/mol. The lowest BCUT2D eigenvalue weighted by Gasteiger charge is -2.31. The first-order valence-electron chi connectivity index (χ1n) is 9.88. The first-order valence-corrected chi connectivity index (χ1v) is 9.88. The maximum atomic E-state index is 13.4. The van der Waals surface area contributed by atoms with Gasteiger partial charge in [0.05, 0.1) is 11.1 Å². The van der Waals surface area contributed by atoms with Crippen LogP contribution in [0.15, 0.2) is 54.6 Å². The highest BCUT2D eigenvalue weighted by Crippen LogP contribution is 2.27. The summed E-state index contributed by atoms with van der Waals surface area (Å²) >= 11 is 0. The molecule has 3 rings (SSSR count). The third-order valence-electron chi connectivity index (χ3n) is 4.99. The van der Waals surface area contributed by atoms with Gasteiger partial charge >= 0.3 is 0 Å². The van der Waals surface area contributed by atoms with Crippen LogP contribution >= 0.6 is 0 Å². The zero-order chi connectivity index (χ0) is 20.1. The van der Waals surface area contributed by atoms with Gasteiger partial charge in [0.1, 0.15) is 6.04 Å². The molecular formula is C23H26N2O3. The van der Waals surface area contributed by atoms with Gasteiger partial charge in [-0.05, 0) is 30.5 Å². The predicted molar refractivity (Wildman–Crippen MR) is 108 cm³/mol. The maximum Gasteiger partial charge on any atom is 0.262 e. The first-order chi connectivity index (χ1) is 13.6. The van der Waals surface area contributed by atoms with Gasteiger partial charge in [-0.2, -0.15) is 0 Å². The van der Waals surface area contributed by atoms with E-state index in [0.717, 1.165) is 18.4 Å². The Labute approximate surface area is 166 Å². The summed E-state index contributed by atoms with van der Waals surface area (Å²) in [5, 5.41) is 0. The average Bonchev–Trinajstić information content (AvgIpc) is 2.97. The van der Waals surface area contributed by atoms with Crippen molar-refractivity contribution in [1.82, 2.24) is 9.80 Å². The lowest BCUT2D eigenvalue weighted by atomic mass is 10.0. The number of carbonyl (C=O) groups excluding carboxylic acids is 3. The van der Waals surface area contributed by atoms with Crippen LogP contribution in [-0.2, 0) is 11.2 Å². The largest absolute Gasteiger partial charge is 0.341 e. The minimum absolute atomic E-state index is 0.165. The van der Waals surface area contributed by atoms with Gasteiger partial charge in [-0.25, -0.2) is 0 Å². The van der Waals surface area contributed by atoms with Crippen molar-refractivity contribution in [2.75, 3.05) is 13.1 Å². The molecule has 0 fully saturated rings. The van der Waals surface area contributed by atoms with Gasteiger partial charge in [0.25, 0.3) is 11.8 Å². The number of imide groups is 1. The van der Waals surface area contributed by atoms with Gasteiger partial charge in [0, 0.05) is 19.5 Å². The van der Waals surface area contributed by atoms with E-state index in [2.05, 4.69) is 0 Å². The van der Waals surface area contributed by atoms with Crippen LogP contribution in [0.3, 0.4) is 0 Å². The maximum absolute atomic E-state index is 13.4. The van der Waals surface area contributed by atoms with Crippen LogP contribution in [0.25, 0.3) is 0 Å². The zero-order valence-electron chi connectivity index (χ0n) is 16.4. The number of carbonyl (C=O) groups is 3. The van der Waals surface area contributed by atoms with Crippen LogP contribution < -0.4 is 0 Å². The third kappa shape index (κ3) is 3.84. The SMILES string of the molecule is CCCN(CCC)C(=O)C(Cc1ccccc1)N1C(=O)c2ccccc2C1=O. The molecule has 0 aromatic heterocycles. The Morgan fingerprint density at radius 3 is 1.86 bits per heavy atom. The van der Waals surface area contributed by atoms with E-state index < -0.39 is 6.04 Å². The molecule has 28 heavy (non-hydrogen) atoms. The second-order valence-electron chi connectivity index (χ2n) is 7.06. The molecule has 2 aromatic rings. The molecule has 0 N–H and O–H groups in total. The number of hydrogen-bond acceptors (Lipinski definition) is 3. The number of fused-ring (bicyclic) bond motifs is 1. The second kappa shape index (κ2) is 8.83. The van der Waals surface area contributed by atoms with Crippen molar-refractivity contribution in [3.8, 4) is 0 Å². The third-order valence-corrected chi connectivity index (χ3v) is 4.99. The molecule has 0 bridgehead atoms. The fraction of sp³-hybridized carbons (Fsp3) is 0.348. The fourth-order valence-corrected chi connectivity index (χ4v) is 3.70. The summed E-state index contributed by atoms with van der Waals surface area (Å²) in [6.07, 6.45) is 1.97. The Balaban J connectivity index is 1.98. The molecule has 1 aliphatic rings. The minimum Gasteiger partial charge on any atom is -0.341 e. The lowest BCUT2D eigenvalue weighted by Crippen LogP contribution is -2.52. The van der Waals surface area contributed by atoms with E-state index in [1.807, 2.05) is 44.2 Å². The van der Waals surface area contributed by atoms with E-state index in [1.165, 1.54) is 4.90 Å². The Morgan fingerprint density at radius 1 is 0.857 bits per heavy atom. The van der Waals surface area contributed by atoms with Crippen molar-refractivity contribution < 1.29 is 14.4 Å². The second-order valence-corrected chi connectivity index (χ2v) is 7.06. The molecular weight excluding hydrogens is 352 g/mol. The Hall–Kier alpha value is -2.95. The van der Waals surface area contributed by atoms with E-state index >= 15 is 0 Å².